The molecule has 3 aromatic rings. The standard InChI is InChI=1S/C15H15N5O2S/c1-10(2)20-12(7-8-16-20)14-18-19-15(22-14)17-13(21)6-5-11-4-3-9-23-11/h3-10H,1-2H3,(H,17,19,21)/b6-5+. The quantitative estimate of drug-likeness (QED) is 0.726. The molecule has 0 bridgehead atoms. The van der Waals surface area contributed by atoms with Crippen molar-refractivity contribution in [2.75, 3.05) is 5.32 Å². The predicted octanol–water partition coefficient (Wildman–Crippen LogP) is 3.23. The Morgan fingerprint density at radius 1 is 1.39 bits per heavy atom. The number of carbonyl (C=O) groups is 1. The molecule has 3 aromatic heterocycles. The average molecular weight is 329 g/mol. The van der Waals surface area contributed by atoms with Crippen molar-refractivity contribution in [3.63, 3.8) is 0 Å². The van der Waals surface area contributed by atoms with Crippen LogP contribution in [0.5, 0.6) is 0 Å². The van der Waals surface area contributed by atoms with Gasteiger partial charge in [0.15, 0.2) is 0 Å². The minimum absolute atomic E-state index is 0.0531. The molecule has 0 spiro atoms. The first-order chi connectivity index (χ1) is 11.1. The Labute approximate surface area is 136 Å². The van der Waals surface area contributed by atoms with Gasteiger partial charge in [0.05, 0.1) is 0 Å². The molecule has 0 atom stereocenters. The van der Waals surface area contributed by atoms with Gasteiger partial charge in [-0.2, -0.15) is 5.10 Å². The number of rotatable bonds is 5. The van der Waals surface area contributed by atoms with E-state index in [1.807, 2.05) is 31.4 Å². The van der Waals surface area contributed by atoms with Crippen LogP contribution in [0.15, 0.2) is 40.3 Å². The maximum Gasteiger partial charge on any atom is 0.322 e. The average Bonchev–Trinajstić information content (AvgIpc) is 3.25. The largest absolute Gasteiger partial charge is 0.401 e. The van der Waals surface area contributed by atoms with Crippen LogP contribution in [-0.4, -0.2) is 25.9 Å². The fraction of sp³-hybridized carbons (Fsp3) is 0.200. The van der Waals surface area contributed by atoms with E-state index in [2.05, 4.69) is 20.6 Å². The second-order valence-corrected chi connectivity index (χ2v) is 5.98. The first-order valence-corrected chi connectivity index (χ1v) is 7.91. The maximum atomic E-state index is 11.8. The summed E-state index contributed by atoms with van der Waals surface area (Å²) >= 11 is 1.55. The van der Waals surface area contributed by atoms with E-state index in [4.69, 9.17) is 4.42 Å². The Kier molecular flexibility index (Phi) is 4.33. The zero-order valence-corrected chi connectivity index (χ0v) is 13.4. The molecule has 0 fully saturated rings. The lowest BCUT2D eigenvalue weighted by Gasteiger charge is -2.07. The van der Waals surface area contributed by atoms with Crippen LogP contribution in [0.1, 0.15) is 24.8 Å². The number of hydrogen-bond donors (Lipinski definition) is 1. The molecule has 0 saturated carbocycles. The van der Waals surface area contributed by atoms with Gasteiger partial charge in [0, 0.05) is 23.2 Å². The highest BCUT2D eigenvalue weighted by molar-refractivity contribution is 7.10. The number of thiophene rings is 1. The second-order valence-electron chi connectivity index (χ2n) is 5.01. The number of nitrogens with zero attached hydrogens (tertiary/aromatic N) is 4. The molecular weight excluding hydrogens is 314 g/mol. The van der Waals surface area contributed by atoms with Gasteiger partial charge >= 0.3 is 6.01 Å². The summed E-state index contributed by atoms with van der Waals surface area (Å²) in [6.45, 7) is 4.01. The zero-order chi connectivity index (χ0) is 16.2. The third-order valence-electron chi connectivity index (χ3n) is 2.98. The van der Waals surface area contributed by atoms with Gasteiger partial charge in [-0.1, -0.05) is 11.2 Å². The Morgan fingerprint density at radius 3 is 3.00 bits per heavy atom. The summed E-state index contributed by atoms with van der Waals surface area (Å²) in [5.74, 6) is -0.0142. The Hall–Kier alpha value is -2.74. The summed E-state index contributed by atoms with van der Waals surface area (Å²) in [5, 5.41) is 16.5. The van der Waals surface area contributed by atoms with Gasteiger partial charge < -0.3 is 4.42 Å². The van der Waals surface area contributed by atoms with E-state index in [1.54, 1.807) is 34.4 Å². The van der Waals surface area contributed by atoms with Crippen LogP contribution in [0.2, 0.25) is 0 Å². The highest BCUT2D eigenvalue weighted by atomic mass is 32.1. The number of anilines is 1. The van der Waals surface area contributed by atoms with Crippen LogP contribution < -0.4 is 5.32 Å². The van der Waals surface area contributed by atoms with E-state index in [1.165, 1.54) is 6.08 Å². The van der Waals surface area contributed by atoms with Gasteiger partial charge in [-0.3, -0.25) is 14.8 Å². The lowest BCUT2D eigenvalue weighted by molar-refractivity contribution is -0.112. The number of carbonyl (C=O) groups excluding carboxylic acids is 1. The first kappa shape index (κ1) is 15.2. The molecule has 7 nitrogen and oxygen atoms in total. The van der Waals surface area contributed by atoms with Crippen molar-refractivity contribution >= 4 is 29.3 Å². The van der Waals surface area contributed by atoms with Gasteiger partial charge in [-0.15, -0.1) is 16.4 Å². The van der Waals surface area contributed by atoms with Gasteiger partial charge in [-0.25, -0.2) is 0 Å². The summed E-state index contributed by atoms with van der Waals surface area (Å²) < 4.78 is 7.25. The third-order valence-corrected chi connectivity index (χ3v) is 3.81. The lowest BCUT2D eigenvalue weighted by Crippen LogP contribution is -2.07. The molecule has 8 heteroatoms. The molecule has 0 unspecified atom stereocenters. The Balaban J connectivity index is 1.70. The normalized spacial score (nSPS) is 11.4. The molecule has 0 aliphatic heterocycles. The molecule has 0 radical (unpaired) electrons. The van der Waals surface area contributed by atoms with Gasteiger partial charge in [-0.05, 0) is 37.4 Å². The number of nitrogens with one attached hydrogen (secondary N) is 1. The maximum absolute atomic E-state index is 11.8. The van der Waals surface area contributed by atoms with E-state index in [0.29, 0.717) is 11.6 Å². The molecule has 0 aliphatic rings. The van der Waals surface area contributed by atoms with E-state index in [-0.39, 0.29) is 18.0 Å². The van der Waals surface area contributed by atoms with E-state index < -0.39 is 0 Å². The minimum Gasteiger partial charge on any atom is -0.401 e. The summed E-state index contributed by atoms with van der Waals surface area (Å²) in [7, 11) is 0. The van der Waals surface area contributed by atoms with Gasteiger partial charge in [0.2, 0.25) is 0 Å². The smallest absolute Gasteiger partial charge is 0.322 e. The number of hydrogen-bond acceptors (Lipinski definition) is 6. The van der Waals surface area contributed by atoms with E-state index in [9.17, 15) is 4.79 Å². The molecule has 3 heterocycles. The van der Waals surface area contributed by atoms with Crippen LogP contribution in [0.4, 0.5) is 6.01 Å². The van der Waals surface area contributed by atoms with Gasteiger partial charge in [0.1, 0.15) is 5.69 Å². The summed E-state index contributed by atoms with van der Waals surface area (Å²) in [6.07, 6.45) is 4.82. The SMILES string of the molecule is CC(C)n1nccc1-c1nnc(NC(=O)/C=C/c2cccs2)o1. The minimum atomic E-state index is -0.328. The highest BCUT2D eigenvalue weighted by Crippen LogP contribution is 2.22. The number of amides is 1. The van der Waals surface area contributed by atoms with Crippen molar-refractivity contribution < 1.29 is 9.21 Å². The third kappa shape index (κ3) is 3.54. The van der Waals surface area contributed by atoms with Crippen molar-refractivity contribution in [1.29, 1.82) is 0 Å². The molecule has 23 heavy (non-hydrogen) atoms. The van der Waals surface area contributed by atoms with E-state index >= 15 is 0 Å². The second kappa shape index (κ2) is 6.57. The fourth-order valence-corrected chi connectivity index (χ4v) is 2.58. The molecule has 0 aromatic carbocycles. The van der Waals surface area contributed by atoms with Crippen LogP contribution in [0.25, 0.3) is 17.7 Å². The zero-order valence-electron chi connectivity index (χ0n) is 12.6. The van der Waals surface area contributed by atoms with Crippen LogP contribution in [0.3, 0.4) is 0 Å². The molecule has 1 N–H and O–H groups in total. The molecule has 0 saturated heterocycles. The molecule has 118 valence electrons. The Morgan fingerprint density at radius 2 is 2.26 bits per heavy atom. The topological polar surface area (TPSA) is 85.8 Å². The summed E-state index contributed by atoms with van der Waals surface area (Å²) in [5.41, 5.74) is 0.710. The highest BCUT2D eigenvalue weighted by Gasteiger charge is 2.15. The van der Waals surface area contributed by atoms with Gasteiger partial charge in [0.25, 0.3) is 11.8 Å². The molecule has 3 rings (SSSR count). The Bertz CT molecular complexity index is 817. The van der Waals surface area contributed by atoms with Crippen molar-refractivity contribution in [2.24, 2.45) is 0 Å². The van der Waals surface area contributed by atoms with Crippen molar-refractivity contribution in [1.82, 2.24) is 20.0 Å². The van der Waals surface area contributed by atoms with Crippen molar-refractivity contribution in [3.05, 3.63) is 40.7 Å². The lowest BCUT2D eigenvalue weighted by atomic mass is 10.3. The molecule has 1 amide bonds. The van der Waals surface area contributed by atoms with Crippen molar-refractivity contribution in [2.45, 2.75) is 19.9 Å². The number of aromatic nitrogens is 4. The molecular formula is C15H15N5O2S. The van der Waals surface area contributed by atoms with Crippen molar-refractivity contribution in [3.8, 4) is 11.6 Å². The first-order valence-electron chi connectivity index (χ1n) is 7.03. The fourth-order valence-electron chi connectivity index (χ4n) is 1.96. The predicted molar refractivity (Wildman–Crippen MR) is 87.9 cm³/mol. The van der Waals surface area contributed by atoms with E-state index in [0.717, 1.165) is 4.88 Å². The van der Waals surface area contributed by atoms with Crippen LogP contribution in [0, 0.1) is 0 Å². The van der Waals surface area contributed by atoms with Crippen LogP contribution >= 0.6 is 11.3 Å². The molecule has 0 aliphatic carbocycles. The monoisotopic (exact) mass is 329 g/mol. The summed E-state index contributed by atoms with van der Waals surface area (Å²) in [4.78, 5) is 12.8. The summed E-state index contributed by atoms with van der Waals surface area (Å²) in [6, 6.07) is 5.85. The van der Waals surface area contributed by atoms with Crippen LogP contribution in [-0.2, 0) is 4.79 Å².